The molecule has 28 heavy (non-hydrogen) atoms. The summed E-state index contributed by atoms with van der Waals surface area (Å²) in [4.78, 5) is 11.2. The van der Waals surface area contributed by atoms with Gasteiger partial charge < -0.3 is 15.2 Å². The second-order valence-electron chi connectivity index (χ2n) is 6.53. The minimum Gasteiger partial charge on any atom is -0.478 e. The number of nitrogens with one attached hydrogen (secondary N) is 2. The number of carbonyl (C=O) groups is 1. The van der Waals surface area contributed by atoms with Gasteiger partial charge in [0.2, 0.25) is 10.0 Å². The summed E-state index contributed by atoms with van der Waals surface area (Å²) in [6.45, 7) is 4.87. The molecule has 0 unspecified atom stereocenters. The molecule has 0 fully saturated rings. The lowest BCUT2D eigenvalue weighted by atomic mass is 10.2. The Bertz CT molecular complexity index is 883. The van der Waals surface area contributed by atoms with Gasteiger partial charge >= 0.3 is 5.97 Å². The molecule has 0 aliphatic heterocycles. The Labute approximate surface area is 165 Å². The van der Waals surface area contributed by atoms with Crippen LogP contribution in [0.2, 0.25) is 0 Å². The van der Waals surface area contributed by atoms with Crippen LogP contribution in [0.1, 0.15) is 36.2 Å². The van der Waals surface area contributed by atoms with Gasteiger partial charge in [0.15, 0.2) is 0 Å². The van der Waals surface area contributed by atoms with Crippen molar-refractivity contribution in [1.82, 2.24) is 4.72 Å². The molecule has 0 radical (unpaired) electrons. The molecule has 0 amide bonds. The van der Waals surface area contributed by atoms with Crippen LogP contribution < -0.4 is 10.0 Å². The van der Waals surface area contributed by atoms with Crippen molar-refractivity contribution in [3.8, 4) is 0 Å². The molecule has 0 saturated heterocycles. The van der Waals surface area contributed by atoms with Crippen molar-refractivity contribution < 1.29 is 23.1 Å². The van der Waals surface area contributed by atoms with Gasteiger partial charge in [-0.15, -0.1) is 0 Å². The van der Waals surface area contributed by atoms with Gasteiger partial charge in [-0.2, -0.15) is 0 Å². The SMILES string of the molecule is CC(C)OCCCNS(=O)(=O)c1cc(C(=O)O)ccc1NCc1ccccc1. The Balaban J connectivity index is 2.16. The van der Waals surface area contributed by atoms with Crippen LogP contribution in [0.15, 0.2) is 53.4 Å². The maximum Gasteiger partial charge on any atom is 0.335 e. The van der Waals surface area contributed by atoms with Gasteiger partial charge in [0.1, 0.15) is 4.90 Å². The molecule has 0 aliphatic rings. The van der Waals surface area contributed by atoms with Crippen molar-refractivity contribution in [3.63, 3.8) is 0 Å². The van der Waals surface area contributed by atoms with E-state index in [2.05, 4.69) is 10.0 Å². The molecule has 0 saturated carbocycles. The number of sulfonamides is 1. The molecule has 8 heteroatoms. The molecule has 2 aromatic carbocycles. The summed E-state index contributed by atoms with van der Waals surface area (Å²) in [6, 6.07) is 13.5. The van der Waals surface area contributed by atoms with Crippen molar-refractivity contribution in [2.24, 2.45) is 0 Å². The molecule has 3 N–H and O–H groups in total. The first-order valence-corrected chi connectivity index (χ1v) is 10.5. The zero-order valence-corrected chi connectivity index (χ0v) is 16.8. The Kier molecular flexibility index (Phi) is 7.98. The highest BCUT2D eigenvalue weighted by atomic mass is 32.2. The fourth-order valence-corrected chi connectivity index (χ4v) is 3.77. The van der Waals surface area contributed by atoms with E-state index < -0.39 is 16.0 Å². The van der Waals surface area contributed by atoms with E-state index >= 15 is 0 Å². The van der Waals surface area contributed by atoms with Crippen LogP contribution in [-0.4, -0.2) is 38.7 Å². The molecule has 2 aromatic rings. The van der Waals surface area contributed by atoms with Gasteiger partial charge in [-0.05, 0) is 44.0 Å². The summed E-state index contributed by atoms with van der Waals surface area (Å²) in [5.41, 5.74) is 1.24. The maximum atomic E-state index is 12.8. The summed E-state index contributed by atoms with van der Waals surface area (Å²) < 4.78 is 33.4. The van der Waals surface area contributed by atoms with E-state index in [9.17, 15) is 18.3 Å². The third kappa shape index (κ3) is 6.63. The first-order chi connectivity index (χ1) is 13.3. The van der Waals surface area contributed by atoms with E-state index in [0.29, 0.717) is 25.3 Å². The average Bonchev–Trinajstić information content (AvgIpc) is 2.66. The minimum absolute atomic E-state index is 0.0812. The molecule has 7 nitrogen and oxygen atoms in total. The van der Waals surface area contributed by atoms with E-state index in [1.165, 1.54) is 18.2 Å². The number of hydrogen-bond donors (Lipinski definition) is 3. The zero-order chi connectivity index (χ0) is 20.6. The first-order valence-electron chi connectivity index (χ1n) is 9.06. The van der Waals surface area contributed by atoms with E-state index in [0.717, 1.165) is 5.56 Å². The minimum atomic E-state index is -3.88. The number of anilines is 1. The third-order valence-corrected chi connectivity index (χ3v) is 5.41. The number of hydrogen-bond acceptors (Lipinski definition) is 5. The fourth-order valence-electron chi connectivity index (χ4n) is 2.49. The van der Waals surface area contributed by atoms with Gasteiger partial charge in [0, 0.05) is 19.7 Å². The summed E-state index contributed by atoms with van der Waals surface area (Å²) in [7, 11) is -3.88. The number of carboxylic acid groups (broad SMARTS) is 1. The highest BCUT2D eigenvalue weighted by molar-refractivity contribution is 7.89. The molecule has 152 valence electrons. The predicted molar refractivity (Wildman–Crippen MR) is 108 cm³/mol. The second kappa shape index (κ2) is 10.2. The molecule has 2 rings (SSSR count). The zero-order valence-electron chi connectivity index (χ0n) is 16.0. The number of rotatable bonds is 11. The first kappa shape index (κ1) is 21.9. The van der Waals surface area contributed by atoms with E-state index in [4.69, 9.17) is 4.74 Å². The number of carboxylic acids is 1. The van der Waals surface area contributed by atoms with Crippen LogP contribution in [0.4, 0.5) is 5.69 Å². The highest BCUT2D eigenvalue weighted by Gasteiger charge is 2.20. The van der Waals surface area contributed by atoms with Gasteiger partial charge in [0.25, 0.3) is 0 Å². The van der Waals surface area contributed by atoms with Crippen LogP contribution in [0.5, 0.6) is 0 Å². The Morgan fingerprint density at radius 2 is 1.86 bits per heavy atom. The van der Waals surface area contributed by atoms with Crippen LogP contribution in [0.3, 0.4) is 0 Å². The lowest BCUT2D eigenvalue weighted by molar-refractivity contribution is 0.0696. The largest absolute Gasteiger partial charge is 0.478 e. The van der Waals surface area contributed by atoms with Gasteiger partial charge in [0.05, 0.1) is 17.4 Å². The number of benzene rings is 2. The van der Waals surface area contributed by atoms with Crippen molar-refractivity contribution in [2.75, 3.05) is 18.5 Å². The van der Waals surface area contributed by atoms with Crippen molar-refractivity contribution >= 4 is 21.7 Å². The third-order valence-electron chi connectivity index (χ3n) is 3.91. The predicted octanol–water partition coefficient (Wildman–Crippen LogP) is 3.09. The lowest BCUT2D eigenvalue weighted by Crippen LogP contribution is -2.27. The monoisotopic (exact) mass is 406 g/mol. The standard InChI is InChI=1S/C20H26N2O5S/c1-15(2)27-12-6-11-22-28(25,26)19-13-17(20(23)24)9-10-18(19)21-14-16-7-4-3-5-8-16/h3-5,7-10,13,15,21-22H,6,11-12,14H2,1-2H3,(H,23,24). The Morgan fingerprint density at radius 3 is 2.50 bits per heavy atom. The molecular formula is C20H26N2O5S. The van der Waals surface area contributed by atoms with E-state index in [-0.39, 0.29) is 23.1 Å². The summed E-state index contributed by atoms with van der Waals surface area (Å²) >= 11 is 0. The summed E-state index contributed by atoms with van der Waals surface area (Å²) in [5.74, 6) is -1.18. The Hall–Kier alpha value is -2.42. The molecule has 0 bridgehead atoms. The second-order valence-corrected chi connectivity index (χ2v) is 8.26. The summed E-state index contributed by atoms with van der Waals surface area (Å²) in [6.07, 6.45) is 0.598. The quantitative estimate of drug-likeness (QED) is 0.495. The molecular weight excluding hydrogens is 380 g/mol. The van der Waals surface area contributed by atoms with Gasteiger partial charge in [-0.1, -0.05) is 30.3 Å². The van der Waals surface area contributed by atoms with Crippen LogP contribution >= 0.6 is 0 Å². The van der Waals surface area contributed by atoms with Crippen LogP contribution in [-0.2, 0) is 21.3 Å². The fraction of sp³-hybridized carbons (Fsp3) is 0.350. The smallest absolute Gasteiger partial charge is 0.335 e. The molecule has 0 atom stereocenters. The van der Waals surface area contributed by atoms with Crippen molar-refractivity contribution in [1.29, 1.82) is 0 Å². The van der Waals surface area contributed by atoms with Gasteiger partial charge in [-0.25, -0.2) is 17.9 Å². The Morgan fingerprint density at radius 1 is 1.14 bits per heavy atom. The lowest BCUT2D eigenvalue weighted by Gasteiger charge is -2.15. The normalized spacial score (nSPS) is 11.5. The molecule has 0 aliphatic carbocycles. The highest BCUT2D eigenvalue weighted by Crippen LogP contribution is 2.24. The van der Waals surface area contributed by atoms with Crippen molar-refractivity contribution in [2.45, 2.75) is 37.8 Å². The van der Waals surface area contributed by atoms with E-state index in [1.54, 1.807) is 0 Å². The number of aromatic carboxylic acids is 1. The van der Waals surface area contributed by atoms with Crippen LogP contribution in [0.25, 0.3) is 0 Å². The molecule has 0 spiro atoms. The van der Waals surface area contributed by atoms with Crippen molar-refractivity contribution in [3.05, 3.63) is 59.7 Å². The number of ether oxygens (including phenoxy) is 1. The topological polar surface area (TPSA) is 105 Å². The van der Waals surface area contributed by atoms with E-state index in [1.807, 2.05) is 44.2 Å². The molecule has 0 aromatic heterocycles. The summed E-state index contributed by atoms with van der Waals surface area (Å²) in [5, 5.41) is 12.3. The average molecular weight is 407 g/mol. The maximum absolute atomic E-state index is 12.8. The van der Waals surface area contributed by atoms with Gasteiger partial charge in [-0.3, -0.25) is 0 Å². The molecule has 0 heterocycles. The van der Waals surface area contributed by atoms with Crippen LogP contribution in [0, 0.1) is 0 Å².